The minimum absolute atomic E-state index is 0.00950. The fourth-order valence-corrected chi connectivity index (χ4v) is 2.26. The van der Waals surface area contributed by atoms with Crippen LogP contribution in [0, 0.1) is 0 Å². The summed E-state index contributed by atoms with van der Waals surface area (Å²) in [4.78, 5) is 24.7. The number of hydrogen-bond donors (Lipinski definition) is 0. The second kappa shape index (κ2) is 5.40. The van der Waals surface area contributed by atoms with Gasteiger partial charge >= 0.3 is 5.97 Å². The number of rotatable bonds is 2. The predicted octanol–water partition coefficient (Wildman–Crippen LogP) is 1.60. The van der Waals surface area contributed by atoms with Crippen LogP contribution in [0.15, 0.2) is 18.2 Å². The summed E-state index contributed by atoms with van der Waals surface area (Å²) in [6.45, 7) is 1.20. The standard InChI is InChI=1S/C13H14ClNO3/c1-18-13(17)10-2-3-11-8-15(12(16)7-14)5-4-9(11)6-10/h2-3,6H,4-5,7-8H2,1H3. The van der Waals surface area contributed by atoms with Gasteiger partial charge in [0.1, 0.15) is 5.88 Å². The summed E-state index contributed by atoms with van der Waals surface area (Å²) in [7, 11) is 1.36. The monoisotopic (exact) mass is 267 g/mol. The minimum atomic E-state index is -0.336. The van der Waals surface area contributed by atoms with Crippen molar-refractivity contribution in [2.75, 3.05) is 19.5 Å². The SMILES string of the molecule is COC(=O)c1ccc2c(c1)CCN(C(=O)CCl)C2. The van der Waals surface area contributed by atoms with Crippen molar-refractivity contribution in [3.8, 4) is 0 Å². The van der Waals surface area contributed by atoms with Crippen LogP contribution in [0.1, 0.15) is 21.5 Å². The molecule has 0 spiro atoms. The molecule has 1 aliphatic rings. The van der Waals surface area contributed by atoms with Crippen molar-refractivity contribution in [2.24, 2.45) is 0 Å². The summed E-state index contributed by atoms with van der Waals surface area (Å²) in [6.07, 6.45) is 0.739. The van der Waals surface area contributed by atoms with Crippen molar-refractivity contribution >= 4 is 23.5 Å². The van der Waals surface area contributed by atoms with E-state index < -0.39 is 0 Å². The van der Waals surface area contributed by atoms with Gasteiger partial charge in [-0.3, -0.25) is 4.79 Å². The molecule has 1 amide bonds. The molecule has 1 aliphatic heterocycles. The van der Waals surface area contributed by atoms with Gasteiger partial charge in [-0.05, 0) is 29.7 Å². The molecular weight excluding hydrogens is 254 g/mol. The molecule has 0 unspecified atom stereocenters. The number of carbonyl (C=O) groups is 2. The van der Waals surface area contributed by atoms with Gasteiger partial charge in [-0.15, -0.1) is 11.6 Å². The maximum absolute atomic E-state index is 11.5. The minimum Gasteiger partial charge on any atom is -0.465 e. The van der Waals surface area contributed by atoms with Crippen LogP contribution in [0.4, 0.5) is 0 Å². The maximum Gasteiger partial charge on any atom is 0.337 e. The van der Waals surface area contributed by atoms with E-state index in [4.69, 9.17) is 11.6 Å². The molecule has 18 heavy (non-hydrogen) atoms. The molecule has 0 saturated heterocycles. The molecule has 1 heterocycles. The van der Waals surface area contributed by atoms with Crippen LogP contribution in [0.5, 0.6) is 0 Å². The zero-order chi connectivity index (χ0) is 13.1. The number of methoxy groups -OCH3 is 1. The summed E-state index contributed by atoms with van der Waals surface area (Å²) in [5.74, 6) is -0.383. The van der Waals surface area contributed by atoms with Gasteiger partial charge in [-0.1, -0.05) is 6.07 Å². The number of amides is 1. The molecule has 0 N–H and O–H groups in total. The number of nitrogens with zero attached hydrogens (tertiary/aromatic N) is 1. The van der Waals surface area contributed by atoms with Gasteiger partial charge in [-0.25, -0.2) is 4.79 Å². The number of esters is 1. The van der Waals surface area contributed by atoms with Crippen molar-refractivity contribution in [1.82, 2.24) is 4.90 Å². The number of benzene rings is 1. The third-order valence-electron chi connectivity index (χ3n) is 3.11. The molecule has 0 atom stereocenters. The van der Waals surface area contributed by atoms with E-state index in [1.807, 2.05) is 12.1 Å². The number of halogens is 1. The fourth-order valence-electron chi connectivity index (χ4n) is 2.10. The van der Waals surface area contributed by atoms with E-state index in [1.165, 1.54) is 7.11 Å². The lowest BCUT2D eigenvalue weighted by Crippen LogP contribution is -2.36. The number of alkyl halides is 1. The van der Waals surface area contributed by atoms with Gasteiger partial charge in [0.15, 0.2) is 0 Å². The molecule has 0 bridgehead atoms. The molecule has 1 aromatic carbocycles. The van der Waals surface area contributed by atoms with E-state index in [0.29, 0.717) is 18.7 Å². The Kier molecular flexibility index (Phi) is 3.87. The van der Waals surface area contributed by atoms with Gasteiger partial charge in [0.25, 0.3) is 0 Å². The molecule has 0 saturated carbocycles. The van der Waals surface area contributed by atoms with Crippen LogP contribution in [0.2, 0.25) is 0 Å². The van der Waals surface area contributed by atoms with E-state index in [2.05, 4.69) is 4.74 Å². The van der Waals surface area contributed by atoms with Crippen LogP contribution in [0.25, 0.3) is 0 Å². The average molecular weight is 268 g/mol. The van der Waals surface area contributed by atoms with Gasteiger partial charge in [0, 0.05) is 13.1 Å². The number of hydrogen-bond acceptors (Lipinski definition) is 3. The van der Waals surface area contributed by atoms with Gasteiger partial charge in [0.05, 0.1) is 12.7 Å². The Hall–Kier alpha value is -1.55. The highest BCUT2D eigenvalue weighted by atomic mass is 35.5. The normalized spacial score (nSPS) is 14.0. The second-order valence-electron chi connectivity index (χ2n) is 4.17. The van der Waals surface area contributed by atoms with Crippen molar-refractivity contribution in [3.63, 3.8) is 0 Å². The van der Waals surface area contributed by atoms with Gasteiger partial charge < -0.3 is 9.64 Å². The highest BCUT2D eigenvalue weighted by Gasteiger charge is 2.20. The summed E-state index contributed by atoms with van der Waals surface area (Å²) in [6, 6.07) is 5.43. The van der Waals surface area contributed by atoms with Crippen molar-refractivity contribution in [3.05, 3.63) is 34.9 Å². The van der Waals surface area contributed by atoms with E-state index in [9.17, 15) is 9.59 Å². The third kappa shape index (κ3) is 2.48. The largest absolute Gasteiger partial charge is 0.465 e. The first-order valence-corrected chi connectivity index (χ1v) is 6.23. The lowest BCUT2D eigenvalue weighted by atomic mass is 9.97. The molecule has 96 valence electrons. The first-order chi connectivity index (χ1) is 8.65. The van der Waals surface area contributed by atoms with Gasteiger partial charge in [-0.2, -0.15) is 0 Å². The second-order valence-corrected chi connectivity index (χ2v) is 4.44. The topological polar surface area (TPSA) is 46.6 Å². The van der Waals surface area contributed by atoms with Crippen LogP contribution in [-0.2, 0) is 22.5 Å². The lowest BCUT2D eigenvalue weighted by molar-refractivity contribution is -0.129. The lowest BCUT2D eigenvalue weighted by Gasteiger charge is -2.28. The molecule has 5 heteroatoms. The first-order valence-electron chi connectivity index (χ1n) is 5.69. The van der Waals surface area contributed by atoms with E-state index in [1.54, 1.807) is 11.0 Å². The van der Waals surface area contributed by atoms with Crippen molar-refractivity contribution < 1.29 is 14.3 Å². The first kappa shape index (κ1) is 12.9. The summed E-state index contributed by atoms with van der Waals surface area (Å²) in [5.41, 5.74) is 2.71. The van der Waals surface area contributed by atoms with E-state index in [-0.39, 0.29) is 17.8 Å². The number of fused-ring (bicyclic) bond motifs is 1. The molecule has 4 nitrogen and oxygen atoms in total. The predicted molar refractivity (Wildman–Crippen MR) is 67.6 cm³/mol. The fraction of sp³-hybridized carbons (Fsp3) is 0.385. The Morgan fingerprint density at radius 2 is 2.17 bits per heavy atom. The Bertz CT molecular complexity index is 487. The van der Waals surface area contributed by atoms with Crippen LogP contribution in [-0.4, -0.2) is 36.3 Å². The molecule has 0 fully saturated rings. The quantitative estimate of drug-likeness (QED) is 0.604. The van der Waals surface area contributed by atoms with Crippen LogP contribution >= 0.6 is 11.6 Å². The van der Waals surface area contributed by atoms with Crippen molar-refractivity contribution in [2.45, 2.75) is 13.0 Å². The summed E-state index contributed by atoms with van der Waals surface area (Å²) < 4.78 is 4.68. The Balaban J connectivity index is 2.20. The zero-order valence-corrected chi connectivity index (χ0v) is 10.9. The smallest absolute Gasteiger partial charge is 0.337 e. The Morgan fingerprint density at radius 3 is 2.83 bits per heavy atom. The van der Waals surface area contributed by atoms with E-state index in [0.717, 1.165) is 17.5 Å². The number of carbonyl (C=O) groups excluding carboxylic acids is 2. The summed E-state index contributed by atoms with van der Waals surface area (Å²) in [5, 5.41) is 0. The van der Waals surface area contributed by atoms with Crippen molar-refractivity contribution in [1.29, 1.82) is 0 Å². The molecular formula is C13H14ClNO3. The molecule has 0 aromatic heterocycles. The molecule has 0 radical (unpaired) electrons. The molecule has 1 aromatic rings. The number of ether oxygens (including phenoxy) is 1. The Labute approximate surface area is 110 Å². The Morgan fingerprint density at radius 1 is 1.39 bits per heavy atom. The molecule has 2 rings (SSSR count). The highest BCUT2D eigenvalue weighted by Crippen LogP contribution is 2.21. The maximum atomic E-state index is 11.5. The zero-order valence-electron chi connectivity index (χ0n) is 10.1. The van der Waals surface area contributed by atoms with E-state index >= 15 is 0 Å². The highest BCUT2D eigenvalue weighted by molar-refractivity contribution is 6.27. The van der Waals surface area contributed by atoms with Crippen LogP contribution in [0.3, 0.4) is 0 Å². The van der Waals surface area contributed by atoms with Crippen LogP contribution < -0.4 is 0 Å². The third-order valence-corrected chi connectivity index (χ3v) is 3.34. The van der Waals surface area contributed by atoms with Gasteiger partial charge in [0.2, 0.25) is 5.91 Å². The average Bonchev–Trinajstić information content (AvgIpc) is 2.44. The molecule has 0 aliphatic carbocycles. The summed E-state index contributed by atoms with van der Waals surface area (Å²) >= 11 is 5.55.